The number of aliphatic hydroxyl groups excluding tert-OH is 1. The quantitative estimate of drug-likeness (QED) is 0.617. The predicted octanol–water partition coefficient (Wildman–Crippen LogP) is 3.74. The van der Waals surface area contributed by atoms with Crippen LogP contribution in [0.15, 0.2) is 11.4 Å². The van der Waals surface area contributed by atoms with Gasteiger partial charge in [0.2, 0.25) is 0 Å². The van der Waals surface area contributed by atoms with Crippen LogP contribution in [0, 0.1) is 12.8 Å². The molecule has 2 unspecified atom stereocenters. The number of hydrogen-bond acceptors (Lipinski definition) is 4. The highest BCUT2D eigenvalue weighted by Gasteiger charge is 2.09. The molecule has 1 aromatic rings. The van der Waals surface area contributed by atoms with E-state index in [-0.39, 0.29) is 0 Å². The van der Waals surface area contributed by atoms with Gasteiger partial charge in [-0.2, -0.15) is 0 Å². The first kappa shape index (κ1) is 18.6. The Labute approximate surface area is 133 Å². The zero-order valence-corrected chi connectivity index (χ0v) is 14.5. The average Bonchev–Trinajstić information content (AvgIpc) is 2.88. The predicted molar refractivity (Wildman–Crippen MR) is 90.9 cm³/mol. The zero-order chi connectivity index (χ0) is 15.5. The van der Waals surface area contributed by atoms with Crippen LogP contribution < -0.4 is 5.32 Å². The average molecular weight is 314 g/mol. The Hall–Kier alpha value is -0.420. The normalized spacial score (nSPS) is 14.3. The summed E-state index contributed by atoms with van der Waals surface area (Å²) in [6.07, 6.45) is 4.48. The lowest BCUT2D eigenvalue weighted by atomic mass is 10.0. The van der Waals surface area contributed by atoms with E-state index < -0.39 is 6.10 Å². The van der Waals surface area contributed by atoms with E-state index in [0.717, 1.165) is 19.6 Å². The molecule has 2 N–H and O–H groups in total. The lowest BCUT2D eigenvalue weighted by molar-refractivity contribution is 0.0193. The first-order valence-corrected chi connectivity index (χ1v) is 9.04. The number of nitrogens with one attached hydrogen (secondary N) is 1. The molecule has 0 radical (unpaired) electrons. The van der Waals surface area contributed by atoms with Crippen LogP contribution in [0.2, 0.25) is 0 Å². The topological polar surface area (TPSA) is 41.5 Å². The minimum absolute atomic E-state index is 0.422. The summed E-state index contributed by atoms with van der Waals surface area (Å²) in [6.45, 7) is 9.17. The van der Waals surface area contributed by atoms with E-state index >= 15 is 0 Å². The Morgan fingerprint density at radius 3 is 2.76 bits per heavy atom. The molecule has 1 rings (SSSR count). The third-order valence-electron chi connectivity index (χ3n) is 3.84. The summed E-state index contributed by atoms with van der Waals surface area (Å²) in [5.74, 6) is 0.638. The van der Waals surface area contributed by atoms with Crippen molar-refractivity contribution in [2.45, 2.75) is 59.1 Å². The molecule has 2 atom stereocenters. The highest BCUT2D eigenvalue weighted by atomic mass is 32.1. The fourth-order valence-corrected chi connectivity index (χ4v) is 3.14. The summed E-state index contributed by atoms with van der Waals surface area (Å²) >= 11 is 1.76. The Kier molecular flexibility index (Phi) is 9.92. The molecule has 1 heterocycles. The van der Waals surface area contributed by atoms with E-state index in [0.29, 0.717) is 19.1 Å². The number of ether oxygens (including phenoxy) is 1. The van der Waals surface area contributed by atoms with E-state index in [1.807, 2.05) is 0 Å². The van der Waals surface area contributed by atoms with Gasteiger partial charge in [0.15, 0.2) is 0 Å². The Morgan fingerprint density at radius 2 is 2.14 bits per heavy atom. The second kappa shape index (κ2) is 11.2. The van der Waals surface area contributed by atoms with Gasteiger partial charge in [-0.15, -0.1) is 11.3 Å². The van der Waals surface area contributed by atoms with Gasteiger partial charge in [-0.1, -0.05) is 33.1 Å². The lowest BCUT2D eigenvalue weighted by Gasteiger charge is -2.17. The summed E-state index contributed by atoms with van der Waals surface area (Å²) in [4.78, 5) is 1.34. The summed E-state index contributed by atoms with van der Waals surface area (Å²) in [5.41, 5.74) is 1.32. The van der Waals surface area contributed by atoms with Crippen LogP contribution in [0.5, 0.6) is 0 Å². The van der Waals surface area contributed by atoms with Crippen molar-refractivity contribution in [2.75, 3.05) is 19.8 Å². The number of hydrogen-bond donors (Lipinski definition) is 2. The Bertz CT molecular complexity index is 367. The Morgan fingerprint density at radius 1 is 1.33 bits per heavy atom. The first-order chi connectivity index (χ1) is 10.2. The minimum atomic E-state index is -0.422. The van der Waals surface area contributed by atoms with E-state index in [1.165, 1.54) is 29.7 Å². The van der Waals surface area contributed by atoms with Crippen molar-refractivity contribution in [1.29, 1.82) is 0 Å². The summed E-state index contributed by atoms with van der Waals surface area (Å²) < 4.78 is 5.67. The van der Waals surface area contributed by atoms with Crippen LogP contribution in [0.4, 0.5) is 0 Å². The number of aliphatic hydroxyl groups is 1. The van der Waals surface area contributed by atoms with E-state index in [2.05, 4.69) is 37.5 Å². The summed E-state index contributed by atoms with van der Waals surface area (Å²) in [5, 5.41) is 15.3. The zero-order valence-electron chi connectivity index (χ0n) is 13.7. The molecule has 0 aliphatic heterocycles. The highest BCUT2D eigenvalue weighted by Crippen LogP contribution is 2.15. The van der Waals surface area contributed by atoms with Crippen molar-refractivity contribution in [2.24, 2.45) is 5.92 Å². The van der Waals surface area contributed by atoms with Crippen LogP contribution in [0.25, 0.3) is 0 Å². The molecular formula is C17H31NO2S. The van der Waals surface area contributed by atoms with Gasteiger partial charge < -0.3 is 15.2 Å². The first-order valence-electron chi connectivity index (χ1n) is 8.16. The molecule has 0 amide bonds. The van der Waals surface area contributed by atoms with Crippen molar-refractivity contribution in [3.05, 3.63) is 21.9 Å². The molecule has 1 aromatic heterocycles. The van der Waals surface area contributed by atoms with Crippen molar-refractivity contribution in [3.8, 4) is 0 Å². The fraction of sp³-hybridized carbons (Fsp3) is 0.765. The number of thiophene rings is 1. The van der Waals surface area contributed by atoms with Crippen LogP contribution in [0.3, 0.4) is 0 Å². The number of aryl methyl sites for hydroxylation is 1. The van der Waals surface area contributed by atoms with Gasteiger partial charge in [-0.3, -0.25) is 0 Å². The molecule has 0 fully saturated rings. The number of unbranched alkanes of at least 4 members (excludes halogenated alkanes) is 1. The second-order valence-electron chi connectivity index (χ2n) is 5.77. The smallest absolute Gasteiger partial charge is 0.0897 e. The molecule has 0 saturated heterocycles. The van der Waals surface area contributed by atoms with Gasteiger partial charge in [0, 0.05) is 24.6 Å². The molecule has 4 heteroatoms. The van der Waals surface area contributed by atoms with E-state index in [1.54, 1.807) is 11.3 Å². The fourth-order valence-electron chi connectivity index (χ4n) is 2.27. The molecule has 0 aliphatic carbocycles. The van der Waals surface area contributed by atoms with Gasteiger partial charge in [0.25, 0.3) is 0 Å². The molecule has 21 heavy (non-hydrogen) atoms. The van der Waals surface area contributed by atoms with E-state index in [9.17, 15) is 5.11 Å². The molecule has 122 valence electrons. The summed E-state index contributed by atoms with van der Waals surface area (Å²) in [6, 6.07) is 2.13. The van der Waals surface area contributed by atoms with Crippen LogP contribution in [0.1, 0.15) is 50.0 Å². The maximum atomic E-state index is 9.92. The second-order valence-corrected chi connectivity index (χ2v) is 6.77. The third kappa shape index (κ3) is 7.96. The van der Waals surface area contributed by atoms with Gasteiger partial charge in [-0.05, 0) is 36.3 Å². The van der Waals surface area contributed by atoms with Gasteiger partial charge in [0.05, 0.1) is 12.7 Å². The van der Waals surface area contributed by atoms with Gasteiger partial charge in [0.1, 0.15) is 0 Å². The largest absolute Gasteiger partial charge is 0.389 e. The molecule has 0 aromatic carbocycles. The summed E-state index contributed by atoms with van der Waals surface area (Å²) in [7, 11) is 0. The standard InChI is InChI=1S/C17H31NO2S/c1-4-6-7-15(5-2)12-20-13-16(19)10-18-11-17-14(3)8-9-21-17/h8-9,15-16,18-19H,4-7,10-13H2,1-3H3. The van der Waals surface area contributed by atoms with Crippen molar-refractivity contribution in [3.63, 3.8) is 0 Å². The molecule has 0 saturated carbocycles. The van der Waals surface area contributed by atoms with Crippen LogP contribution in [-0.2, 0) is 11.3 Å². The maximum absolute atomic E-state index is 9.92. The number of rotatable bonds is 12. The maximum Gasteiger partial charge on any atom is 0.0897 e. The van der Waals surface area contributed by atoms with Crippen LogP contribution in [-0.4, -0.2) is 31.0 Å². The highest BCUT2D eigenvalue weighted by molar-refractivity contribution is 7.10. The molecule has 3 nitrogen and oxygen atoms in total. The molecular weight excluding hydrogens is 282 g/mol. The molecule has 0 spiro atoms. The molecule has 0 bridgehead atoms. The lowest BCUT2D eigenvalue weighted by Crippen LogP contribution is -2.30. The van der Waals surface area contributed by atoms with E-state index in [4.69, 9.17) is 4.74 Å². The SMILES string of the molecule is CCCCC(CC)COCC(O)CNCc1sccc1C. The van der Waals surface area contributed by atoms with Crippen molar-refractivity contribution >= 4 is 11.3 Å². The van der Waals surface area contributed by atoms with Crippen molar-refractivity contribution in [1.82, 2.24) is 5.32 Å². The minimum Gasteiger partial charge on any atom is -0.389 e. The van der Waals surface area contributed by atoms with Gasteiger partial charge in [-0.25, -0.2) is 0 Å². The third-order valence-corrected chi connectivity index (χ3v) is 4.86. The Balaban J connectivity index is 2.08. The monoisotopic (exact) mass is 313 g/mol. The van der Waals surface area contributed by atoms with Crippen LogP contribution >= 0.6 is 11.3 Å². The molecule has 0 aliphatic rings. The van der Waals surface area contributed by atoms with Crippen molar-refractivity contribution < 1.29 is 9.84 Å². The van der Waals surface area contributed by atoms with Gasteiger partial charge >= 0.3 is 0 Å².